The van der Waals surface area contributed by atoms with Crippen molar-refractivity contribution >= 4 is 0 Å². The molecule has 1 N–H and O–H groups in total. The maximum Gasteiger partial charge on any atom is 0.0716 e. The number of nitrogens with one attached hydrogen (secondary N) is 1. The van der Waals surface area contributed by atoms with Crippen LogP contribution >= 0.6 is 0 Å². The van der Waals surface area contributed by atoms with Crippen LogP contribution in [0.1, 0.15) is 36.8 Å². The average Bonchev–Trinajstić information content (AvgIpc) is 2.38. The van der Waals surface area contributed by atoms with E-state index in [-0.39, 0.29) is 0 Å². The second-order valence-corrected chi connectivity index (χ2v) is 4.97. The normalized spacial score (nSPS) is 20.4. The Labute approximate surface area is 104 Å². The molecule has 0 amide bonds. The van der Waals surface area contributed by atoms with Gasteiger partial charge in [0.15, 0.2) is 0 Å². The number of rotatable bonds is 5. The molecular formula is C15H23NO. The number of aryl methyl sites for hydroxylation is 1. The van der Waals surface area contributed by atoms with Crippen molar-refractivity contribution in [1.82, 2.24) is 5.32 Å². The predicted octanol–water partition coefficient (Wildman–Crippen LogP) is 3.04. The fourth-order valence-corrected chi connectivity index (χ4v) is 2.27. The van der Waals surface area contributed by atoms with Gasteiger partial charge in [-0.1, -0.05) is 36.2 Å². The van der Waals surface area contributed by atoms with Gasteiger partial charge in [0.05, 0.1) is 6.61 Å². The molecule has 2 heteroatoms. The van der Waals surface area contributed by atoms with Crippen molar-refractivity contribution in [1.29, 1.82) is 0 Å². The molecule has 0 spiro atoms. The number of ether oxygens (including phenoxy) is 1. The number of piperidine rings is 1. The van der Waals surface area contributed by atoms with E-state index in [0.29, 0.717) is 6.04 Å². The van der Waals surface area contributed by atoms with Gasteiger partial charge in [0.2, 0.25) is 0 Å². The lowest BCUT2D eigenvalue weighted by molar-refractivity contribution is 0.108. The molecule has 1 aliphatic heterocycles. The molecule has 0 saturated carbocycles. The molecule has 1 unspecified atom stereocenters. The fourth-order valence-electron chi connectivity index (χ4n) is 2.27. The Morgan fingerprint density at radius 3 is 2.76 bits per heavy atom. The van der Waals surface area contributed by atoms with E-state index in [1.807, 2.05) is 0 Å². The first-order valence-corrected chi connectivity index (χ1v) is 6.71. The smallest absolute Gasteiger partial charge is 0.0716 e. The molecular weight excluding hydrogens is 210 g/mol. The monoisotopic (exact) mass is 233 g/mol. The molecule has 0 bridgehead atoms. The van der Waals surface area contributed by atoms with E-state index in [2.05, 4.69) is 36.5 Å². The molecule has 2 rings (SSSR count). The largest absolute Gasteiger partial charge is 0.377 e. The summed E-state index contributed by atoms with van der Waals surface area (Å²) in [5.74, 6) is 0. The first kappa shape index (κ1) is 12.6. The minimum Gasteiger partial charge on any atom is -0.377 e. The molecule has 17 heavy (non-hydrogen) atoms. The molecule has 0 aliphatic carbocycles. The zero-order valence-electron chi connectivity index (χ0n) is 10.7. The fraction of sp³-hybridized carbons (Fsp3) is 0.600. The van der Waals surface area contributed by atoms with Gasteiger partial charge in [-0.25, -0.2) is 0 Å². The third-order valence-corrected chi connectivity index (χ3v) is 3.41. The third-order valence-electron chi connectivity index (χ3n) is 3.41. The van der Waals surface area contributed by atoms with Crippen LogP contribution in [-0.2, 0) is 11.3 Å². The van der Waals surface area contributed by atoms with Crippen LogP contribution in [0.2, 0.25) is 0 Å². The van der Waals surface area contributed by atoms with E-state index in [4.69, 9.17) is 4.74 Å². The summed E-state index contributed by atoms with van der Waals surface area (Å²) in [7, 11) is 0. The summed E-state index contributed by atoms with van der Waals surface area (Å²) in [5, 5.41) is 3.55. The van der Waals surface area contributed by atoms with Gasteiger partial charge in [-0.3, -0.25) is 0 Å². The van der Waals surface area contributed by atoms with Crippen molar-refractivity contribution in [2.24, 2.45) is 0 Å². The highest BCUT2D eigenvalue weighted by atomic mass is 16.5. The Bertz CT molecular complexity index is 314. The van der Waals surface area contributed by atoms with Gasteiger partial charge in [-0.05, 0) is 38.3 Å². The van der Waals surface area contributed by atoms with E-state index >= 15 is 0 Å². The molecule has 0 aromatic heterocycles. The zero-order valence-corrected chi connectivity index (χ0v) is 10.7. The van der Waals surface area contributed by atoms with Crippen LogP contribution in [0.5, 0.6) is 0 Å². The SMILES string of the molecule is Cc1ccc(COCCC2CCCCN2)cc1. The maximum absolute atomic E-state index is 5.72. The molecule has 1 saturated heterocycles. The van der Waals surface area contributed by atoms with Gasteiger partial charge in [0.1, 0.15) is 0 Å². The molecule has 94 valence electrons. The van der Waals surface area contributed by atoms with Crippen LogP contribution in [0.3, 0.4) is 0 Å². The van der Waals surface area contributed by atoms with Gasteiger partial charge < -0.3 is 10.1 Å². The maximum atomic E-state index is 5.72. The van der Waals surface area contributed by atoms with Gasteiger partial charge in [-0.2, -0.15) is 0 Å². The van der Waals surface area contributed by atoms with Crippen LogP contribution in [0.4, 0.5) is 0 Å². The highest BCUT2D eigenvalue weighted by molar-refractivity contribution is 5.20. The Kier molecular flexibility index (Phi) is 5.02. The van der Waals surface area contributed by atoms with Crippen LogP contribution in [0.15, 0.2) is 24.3 Å². The Morgan fingerprint density at radius 2 is 2.06 bits per heavy atom. The van der Waals surface area contributed by atoms with E-state index in [1.165, 1.54) is 36.9 Å². The van der Waals surface area contributed by atoms with Gasteiger partial charge in [-0.15, -0.1) is 0 Å². The zero-order chi connectivity index (χ0) is 11.9. The third kappa shape index (κ3) is 4.49. The summed E-state index contributed by atoms with van der Waals surface area (Å²) in [4.78, 5) is 0. The van der Waals surface area contributed by atoms with Gasteiger partial charge in [0, 0.05) is 12.6 Å². The summed E-state index contributed by atoms with van der Waals surface area (Å²) in [5.41, 5.74) is 2.58. The molecule has 1 aliphatic rings. The van der Waals surface area contributed by atoms with Crippen molar-refractivity contribution in [3.8, 4) is 0 Å². The molecule has 2 nitrogen and oxygen atoms in total. The molecule has 1 fully saturated rings. The summed E-state index contributed by atoms with van der Waals surface area (Å²) in [6.07, 6.45) is 5.16. The lowest BCUT2D eigenvalue weighted by Crippen LogP contribution is -2.34. The molecule has 1 aromatic carbocycles. The Balaban J connectivity index is 1.60. The standard InChI is InChI=1S/C15H23NO/c1-13-5-7-14(8-6-13)12-17-11-9-15-4-2-3-10-16-15/h5-8,15-16H,2-4,9-12H2,1H3. The number of benzene rings is 1. The Hall–Kier alpha value is -0.860. The highest BCUT2D eigenvalue weighted by Crippen LogP contribution is 2.10. The molecule has 1 heterocycles. The quantitative estimate of drug-likeness (QED) is 0.789. The average molecular weight is 233 g/mol. The lowest BCUT2D eigenvalue weighted by atomic mass is 10.0. The predicted molar refractivity (Wildman–Crippen MR) is 71.1 cm³/mol. The second-order valence-electron chi connectivity index (χ2n) is 4.97. The molecule has 1 aromatic rings. The van der Waals surface area contributed by atoms with E-state index < -0.39 is 0 Å². The van der Waals surface area contributed by atoms with Crippen molar-refractivity contribution in [3.05, 3.63) is 35.4 Å². The number of hydrogen-bond acceptors (Lipinski definition) is 2. The van der Waals surface area contributed by atoms with E-state index in [1.54, 1.807) is 0 Å². The van der Waals surface area contributed by atoms with E-state index in [9.17, 15) is 0 Å². The number of hydrogen-bond donors (Lipinski definition) is 1. The van der Waals surface area contributed by atoms with Crippen LogP contribution < -0.4 is 5.32 Å². The first-order valence-electron chi connectivity index (χ1n) is 6.71. The minimum absolute atomic E-state index is 0.682. The molecule has 0 radical (unpaired) electrons. The molecule has 1 atom stereocenters. The topological polar surface area (TPSA) is 21.3 Å². The lowest BCUT2D eigenvalue weighted by Gasteiger charge is -2.23. The first-order chi connectivity index (χ1) is 8.34. The summed E-state index contributed by atoms with van der Waals surface area (Å²) in [6.45, 7) is 4.90. The summed E-state index contributed by atoms with van der Waals surface area (Å²) < 4.78 is 5.72. The van der Waals surface area contributed by atoms with Gasteiger partial charge >= 0.3 is 0 Å². The van der Waals surface area contributed by atoms with Crippen molar-refractivity contribution in [2.45, 2.75) is 45.3 Å². The van der Waals surface area contributed by atoms with E-state index in [0.717, 1.165) is 19.6 Å². The van der Waals surface area contributed by atoms with Gasteiger partial charge in [0.25, 0.3) is 0 Å². The van der Waals surface area contributed by atoms with Crippen LogP contribution in [-0.4, -0.2) is 19.2 Å². The highest BCUT2D eigenvalue weighted by Gasteiger charge is 2.11. The van der Waals surface area contributed by atoms with Crippen molar-refractivity contribution < 1.29 is 4.74 Å². The summed E-state index contributed by atoms with van der Waals surface area (Å²) in [6, 6.07) is 9.26. The van der Waals surface area contributed by atoms with Crippen molar-refractivity contribution in [2.75, 3.05) is 13.2 Å². The second kappa shape index (κ2) is 6.77. The Morgan fingerprint density at radius 1 is 1.24 bits per heavy atom. The summed E-state index contributed by atoms with van der Waals surface area (Å²) >= 11 is 0. The minimum atomic E-state index is 0.682. The van der Waals surface area contributed by atoms with Crippen LogP contribution in [0, 0.1) is 6.92 Å². The van der Waals surface area contributed by atoms with Crippen LogP contribution in [0.25, 0.3) is 0 Å². The van der Waals surface area contributed by atoms with Crippen molar-refractivity contribution in [3.63, 3.8) is 0 Å².